The lowest BCUT2D eigenvalue weighted by molar-refractivity contribution is 0.0937. The van der Waals surface area contributed by atoms with Crippen molar-refractivity contribution in [1.82, 2.24) is 20.1 Å². The van der Waals surface area contributed by atoms with Crippen molar-refractivity contribution in [3.8, 4) is 0 Å². The lowest BCUT2D eigenvalue weighted by atomic mass is 10.4. The first kappa shape index (κ1) is 10.7. The third-order valence-corrected chi connectivity index (χ3v) is 2.25. The van der Waals surface area contributed by atoms with E-state index in [1.807, 2.05) is 0 Å². The van der Waals surface area contributed by atoms with Crippen molar-refractivity contribution in [2.24, 2.45) is 7.05 Å². The van der Waals surface area contributed by atoms with Crippen LogP contribution in [0.3, 0.4) is 0 Å². The summed E-state index contributed by atoms with van der Waals surface area (Å²) in [4.78, 5) is 15.3. The number of amides is 1. The average molecular weight is 241 g/mol. The molecule has 2 aromatic heterocycles. The number of aromatic nitrogens is 3. The van der Waals surface area contributed by atoms with E-state index in [9.17, 15) is 4.79 Å². The van der Waals surface area contributed by atoms with Gasteiger partial charge in [0.15, 0.2) is 0 Å². The van der Waals surface area contributed by atoms with Crippen molar-refractivity contribution in [1.29, 1.82) is 0 Å². The molecule has 0 saturated heterocycles. The second kappa shape index (κ2) is 4.36. The summed E-state index contributed by atoms with van der Waals surface area (Å²) in [6.45, 7) is 0.293. The zero-order valence-electron chi connectivity index (χ0n) is 8.48. The fraction of sp³-hybridized carbons (Fsp3) is 0.222. The first-order chi connectivity index (χ1) is 7.66. The summed E-state index contributed by atoms with van der Waals surface area (Å²) in [5.74, 6) is 0.313. The molecule has 7 heteroatoms. The molecular formula is C9H9ClN4O2. The van der Waals surface area contributed by atoms with Gasteiger partial charge >= 0.3 is 0 Å². The first-order valence-electron chi connectivity index (χ1n) is 4.54. The number of furan rings is 1. The van der Waals surface area contributed by atoms with Crippen LogP contribution in [-0.4, -0.2) is 20.7 Å². The molecule has 0 aliphatic rings. The van der Waals surface area contributed by atoms with Crippen LogP contribution in [-0.2, 0) is 13.6 Å². The molecule has 84 valence electrons. The van der Waals surface area contributed by atoms with E-state index in [0.717, 1.165) is 0 Å². The predicted molar refractivity (Wildman–Crippen MR) is 55.9 cm³/mol. The van der Waals surface area contributed by atoms with Gasteiger partial charge in [-0.2, -0.15) is 4.98 Å². The molecule has 0 bridgehead atoms. The van der Waals surface area contributed by atoms with Crippen LogP contribution in [0.1, 0.15) is 16.4 Å². The molecule has 2 rings (SSSR count). The van der Waals surface area contributed by atoms with Gasteiger partial charge in [0.2, 0.25) is 11.1 Å². The van der Waals surface area contributed by atoms with Gasteiger partial charge in [-0.1, -0.05) is 0 Å². The Kier molecular flexibility index (Phi) is 2.91. The molecule has 0 radical (unpaired) electrons. The standard InChI is InChI=1S/C9H9ClN4O2/c1-14-9(10)12-7(13-14)8(15)11-5-6-3-2-4-16-6/h2-4H,5H2,1H3,(H,11,15). The predicted octanol–water partition coefficient (Wildman–Crippen LogP) is 0.991. The summed E-state index contributed by atoms with van der Waals surface area (Å²) >= 11 is 5.66. The zero-order chi connectivity index (χ0) is 11.5. The molecule has 1 amide bonds. The Morgan fingerprint density at radius 2 is 2.50 bits per heavy atom. The van der Waals surface area contributed by atoms with E-state index >= 15 is 0 Å². The van der Waals surface area contributed by atoms with Crippen LogP contribution in [0.2, 0.25) is 5.28 Å². The third-order valence-electron chi connectivity index (χ3n) is 1.92. The van der Waals surface area contributed by atoms with Gasteiger partial charge < -0.3 is 9.73 Å². The van der Waals surface area contributed by atoms with Crippen molar-refractivity contribution in [3.63, 3.8) is 0 Å². The fourth-order valence-electron chi connectivity index (χ4n) is 1.12. The highest BCUT2D eigenvalue weighted by Gasteiger charge is 2.13. The van der Waals surface area contributed by atoms with Gasteiger partial charge in [0.1, 0.15) is 5.76 Å². The number of halogens is 1. The van der Waals surface area contributed by atoms with Gasteiger partial charge in [-0.05, 0) is 23.7 Å². The number of hydrogen-bond donors (Lipinski definition) is 1. The maximum atomic E-state index is 11.6. The largest absolute Gasteiger partial charge is 0.467 e. The molecule has 16 heavy (non-hydrogen) atoms. The fourth-order valence-corrected chi connectivity index (χ4v) is 1.24. The van der Waals surface area contributed by atoms with Gasteiger partial charge in [-0.15, -0.1) is 5.10 Å². The van der Waals surface area contributed by atoms with Crippen molar-refractivity contribution in [2.75, 3.05) is 0 Å². The highest BCUT2D eigenvalue weighted by Crippen LogP contribution is 2.04. The molecule has 0 unspecified atom stereocenters. The first-order valence-corrected chi connectivity index (χ1v) is 4.91. The van der Waals surface area contributed by atoms with Crippen molar-refractivity contribution in [2.45, 2.75) is 6.54 Å². The SMILES string of the molecule is Cn1nc(C(=O)NCc2ccco2)nc1Cl. The van der Waals surface area contributed by atoms with E-state index in [1.165, 1.54) is 10.9 Å². The highest BCUT2D eigenvalue weighted by atomic mass is 35.5. The van der Waals surface area contributed by atoms with Gasteiger partial charge in [0.05, 0.1) is 12.8 Å². The summed E-state index contributed by atoms with van der Waals surface area (Å²) in [5, 5.41) is 6.62. The number of nitrogens with one attached hydrogen (secondary N) is 1. The Labute approximate surface area is 96.2 Å². The van der Waals surface area contributed by atoms with Crippen LogP contribution >= 0.6 is 11.6 Å². The van der Waals surface area contributed by atoms with Crippen molar-refractivity contribution >= 4 is 17.5 Å². The van der Waals surface area contributed by atoms with Gasteiger partial charge in [0, 0.05) is 7.05 Å². The molecule has 1 N–H and O–H groups in total. The molecule has 0 atom stereocenters. The van der Waals surface area contributed by atoms with Crippen LogP contribution in [0.15, 0.2) is 22.8 Å². The topological polar surface area (TPSA) is 73.0 Å². The Hall–Kier alpha value is -1.82. The molecule has 0 fully saturated rings. The second-order valence-electron chi connectivity index (χ2n) is 3.09. The lowest BCUT2D eigenvalue weighted by Crippen LogP contribution is -2.23. The maximum absolute atomic E-state index is 11.6. The summed E-state index contributed by atoms with van der Waals surface area (Å²) < 4.78 is 6.38. The normalized spacial score (nSPS) is 10.4. The van der Waals surface area contributed by atoms with Gasteiger partial charge in [-0.3, -0.25) is 4.79 Å². The summed E-state index contributed by atoms with van der Waals surface area (Å²) in [6, 6.07) is 3.51. The van der Waals surface area contributed by atoms with E-state index in [1.54, 1.807) is 19.2 Å². The number of hydrogen-bond acceptors (Lipinski definition) is 4. The summed E-state index contributed by atoms with van der Waals surface area (Å²) in [6.07, 6.45) is 1.54. The number of carbonyl (C=O) groups is 1. The minimum absolute atomic E-state index is 0.0408. The van der Waals surface area contributed by atoms with Crippen LogP contribution in [0.4, 0.5) is 0 Å². The Bertz CT molecular complexity index is 472. The Morgan fingerprint density at radius 1 is 1.69 bits per heavy atom. The van der Waals surface area contributed by atoms with E-state index in [-0.39, 0.29) is 17.0 Å². The van der Waals surface area contributed by atoms with E-state index < -0.39 is 0 Å². The number of aryl methyl sites for hydroxylation is 1. The quantitative estimate of drug-likeness (QED) is 0.868. The van der Waals surface area contributed by atoms with Gasteiger partial charge in [0.25, 0.3) is 5.91 Å². The van der Waals surface area contributed by atoms with Crippen molar-refractivity contribution < 1.29 is 9.21 Å². The number of nitrogens with zero attached hydrogens (tertiary/aromatic N) is 3. The maximum Gasteiger partial charge on any atom is 0.291 e. The Morgan fingerprint density at radius 3 is 3.06 bits per heavy atom. The molecule has 0 saturated carbocycles. The highest BCUT2D eigenvalue weighted by molar-refractivity contribution is 6.28. The molecule has 0 aliphatic heterocycles. The molecule has 6 nitrogen and oxygen atoms in total. The van der Waals surface area contributed by atoms with E-state index in [4.69, 9.17) is 16.0 Å². The van der Waals surface area contributed by atoms with E-state index in [2.05, 4.69) is 15.4 Å². The van der Waals surface area contributed by atoms with E-state index in [0.29, 0.717) is 12.3 Å². The molecule has 0 spiro atoms. The summed E-state index contributed by atoms with van der Waals surface area (Å²) in [7, 11) is 1.61. The lowest BCUT2D eigenvalue weighted by Gasteiger charge is -1.98. The number of rotatable bonds is 3. The van der Waals surface area contributed by atoms with Crippen LogP contribution in [0.5, 0.6) is 0 Å². The summed E-state index contributed by atoms with van der Waals surface area (Å²) in [5.41, 5.74) is 0. The van der Waals surface area contributed by atoms with Crippen LogP contribution < -0.4 is 5.32 Å². The molecule has 2 heterocycles. The third kappa shape index (κ3) is 2.22. The zero-order valence-corrected chi connectivity index (χ0v) is 9.23. The molecule has 0 aliphatic carbocycles. The van der Waals surface area contributed by atoms with Crippen LogP contribution in [0.25, 0.3) is 0 Å². The molecule has 0 aromatic carbocycles. The van der Waals surface area contributed by atoms with Crippen molar-refractivity contribution in [3.05, 3.63) is 35.3 Å². The monoisotopic (exact) mass is 240 g/mol. The minimum atomic E-state index is -0.390. The number of carbonyl (C=O) groups excluding carboxylic acids is 1. The average Bonchev–Trinajstić information content (AvgIpc) is 2.86. The Balaban J connectivity index is 1.98. The minimum Gasteiger partial charge on any atom is -0.467 e. The smallest absolute Gasteiger partial charge is 0.291 e. The molecule has 2 aromatic rings. The second-order valence-corrected chi connectivity index (χ2v) is 3.43. The van der Waals surface area contributed by atoms with Gasteiger partial charge in [-0.25, -0.2) is 4.68 Å². The molecular weight excluding hydrogens is 232 g/mol. The van der Waals surface area contributed by atoms with Crippen LogP contribution in [0, 0.1) is 0 Å².